The lowest BCUT2D eigenvalue weighted by Gasteiger charge is -2.05. The second-order valence-corrected chi connectivity index (χ2v) is 2.77. The van der Waals surface area contributed by atoms with Crippen LogP contribution >= 0.6 is 0 Å². The molecule has 3 N–H and O–H groups in total. The molecule has 0 unspecified atom stereocenters. The molecule has 1 rings (SSSR count). The highest BCUT2D eigenvalue weighted by Gasteiger charge is 2.02. The Hall–Kier alpha value is -1.47. The third kappa shape index (κ3) is 2.23. The molecule has 0 atom stereocenters. The highest BCUT2D eigenvalue weighted by atomic mass is 15.1. The van der Waals surface area contributed by atoms with E-state index in [0.717, 1.165) is 19.6 Å². The molecular formula is C9H14N4. The van der Waals surface area contributed by atoms with E-state index >= 15 is 0 Å². The number of likely N-dealkylation sites (N-methyl/N-ethyl adjacent to an activating group) is 1. The highest BCUT2D eigenvalue weighted by Crippen LogP contribution is 2.11. The van der Waals surface area contributed by atoms with Crippen LogP contribution in [0.4, 0.5) is 5.82 Å². The molecule has 0 aliphatic heterocycles. The van der Waals surface area contributed by atoms with Crippen LogP contribution in [0.25, 0.3) is 0 Å². The minimum Gasteiger partial charge on any atom is -0.384 e. The van der Waals surface area contributed by atoms with Gasteiger partial charge in [0.15, 0.2) is 0 Å². The van der Waals surface area contributed by atoms with E-state index in [1.807, 2.05) is 16.8 Å². The van der Waals surface area contributed by atoms with Crippen molar-refractivity contribution in [3.8, 4) is 6.07 Å². The predicted molar refractivity (Wildman–Crippen MR) is 52.1 cm³/mol. The maximum Gasteiger partial charge on any atom is 0.121 e. The number of aromatic nitrogens is 1. The lowest BCUT2D eigenvalue weighted by molar-refractivity contribution is 0.620. The third-order valence-electron chi connectivity index (χ3n) is 1.91. The Bertz CT molecular complexity index is 308. The van der Waals surface area contributed by atoms with Gasteiger partial charge in [-0.05, 0) is 12.6 Å². The molecule has 1 aromatic rings. The highest BCUT2D eigenvalue weighted by molar-refractivity contribution is 5.49. The molecule has 13 heavy (non-hydrogen) atoms. The summed E-state index contributed by atoms with van der Waals surface area (Å²) in [5.74, 6) is 0.556. The van der Waals surface area contributed by atoms with Crippen molar-refractivity contribution < 1.29 is 0 Å². The van der Waals surface area contributed by atoms with Crippen LogP contribution in [-0.2, 0) is 6.54 Å². The zero-order valence-electron chi connectivity index (χ0n) is 7.75. The number of nitrogen functional groups attached to an aromatic ring is 1. The molecule has 4 nitrogen and oxygen atoms in total. The maximum absolute atomic E-state index is 8.64. The van der Waals surface area contributed by atoms with Gasteiger partial charge in [0.25, 0.3) is 0 Å². The minimum atomic E-state index is 0.552. The van der Waals surface area contributed by atoms with E-state index in [-0.39, 0.29) is 0 Å². The van der Waals surface area contributed by atoms with Gasteiger partial charge in [-0.2, -0.15) is 5.26 Å². The Kier molecular flexibility index (Phi) is 3.35. The predicted octanol–water partition coefficient (Wildman–Crippen LogP) is 0.551. The second-order valence-electron chi connectivity index (χ2n) is 2.77. The van der Waals surface area contributed by atoms with E-state index in [2.05, 4.69) is 12.2 Å². The molecule has 0 saturated heterocycles. The van der Waals surface area contributed by atoms with Crippen molar-refractivity contribution in [3.05, 3.63) is 17.8 Å². The van der Waals surface area contributed by atoms with Crippen molar-refractivity contribution in [3.63, 3.8) is 0 Å². The van der Waals surface area contributed by atoms with E-state index in [0.29, 0.717) is 11.4 Å². The summed E-state index contributed by atoms with van der Waals surface area (Å²) in [5, 5.41) is 11.8. The van der Waals surface area contributed by atoms with Crippen LogP contribution in [0.1, 0.15) is 12.5 Å². The normalized spacial score (nSPS) is 9.85. The van der Waals surface area contributed by atoms with Crippen LogP contribution < -0.4 is 11.1 Å². The summed E-state index contributed by atoms with van der Waals surface area (Å²) in [7, 11) is 0. The fourth-order valence-corrected chi connectivity index (χ4v) is 1.15. The van der Waals surface area contributed by atoms with Gasteiger partial charge in [0.2, 0.25) is 0 Å². The van der Waals surface area contributed by atoms with Crippen molar-refractivity contribution >= 4 is 5.82 Å². The van der Waals surface area contributed by atoms with Gasteiger partial charge in [-0.1, -0.05) is 6.92 Å². The molecule has 0 spiro atoms. The molecule has 0 aromatic carbocycles. The van der Waals surface area contributed by atoms with Crippen LogP contribution in [0.5, 0.6) is 0 Å². The van der Waals surface area contributed by atoms with Gasteiger partial charge in [-0.25, -0.2) is 0 Å². The molecule has 0 aliphatic rings. The van der Waals surface area contributed by atoms with Gasteiger partial charge in [0, 0.05) is 19.3 Å². The number of nitrogens with two attached hydrogens (primary N) is 1. The average molecular weight is 178 g/mol. The smallest absolute Gasteiger partial charge is 0.121 e. The van der Waals surface area contributed by atoms with Crippen molar-refractivity contribution in [2.24, 2.45) is 0 Å². The first-order valence-electron chi connectivity index (χ1n) is 4.35. The molecule has 4 heteroatoms. The maximum atomic E-state index is 8.64. The second kappa shape index (κ2) is 4.53. The Morgan fingerprint density at radius 1 is 1.69 bits per heavy atom. The lowest BCUT2D eigenvalue weighted by atomic mass is 10.3. The summed E-state index contributed by atoms with van der Waals surface area (Å²) in [6.07, 6.45) is 1.84. The Morgan fingerprint density at radius 3 is 3.00 bits per heavy atom. The van der Waals surface area contributed by atoms with Crippen LogP contribution in [-0.4, -0.2) is 17.7 Å². The number of rotatable bonds is 4. The number of hydrogen-bond acceptors (Lipinski definition) is 3. The summed E-state index contributed by atoms with van der Waals surface area (Å²) >= 11 is 0. The van der Waals surface area contributed by atoms with E-state index in [1.54, 1.807) is 6.07 Å². The van der Waals surface area contributed by atoms with Crippen molar-refractivity contribution in [1.82, 2.24) is 9.88 Å². The van der Waals surface area contributed by atoms with Gasteiger partial charge in [0.1, 0.15) is 11.9 Å². The van der Waals surface area contributed by atoms with Gasteiger partial charge in [-0.3, -0.25) is 0 Å². The standard InChI is InChI=1S/C9H14N4/c1-2-12-4-6-13-5-3-8(7-10)9(13)11/h3,5,12H,2,4,6,11H2,1H3. The van der Waals surface area contributed by atoms with E-state index < -0.39 is 0 Å². The van der Waals surface area contributed by atoms with E-state index in [1.165, 1.54) is 0 Å². The average Bonchev–Trinajstić information content (AvgIpc) is 2.48. The Labute approximate surface area is 78.0 Å². The first kappa shape index (κ1) is 9.62. The summed E-state index contributed by atoms with van der Waals surface area (Å²) in [5.41, 5.74) is 6.26. The molecular weight excluding hydrogens is 164 g/mol. The summed E-state index contributed by atoms with van der Waals surface area (Å²) in [6.45, 7) is 4.69. The SMILES string of the molecule is CCNCCn1ccc(C#N)c1N. The molecule has 1 heterocycles. The number of nitrogens with zero attached hydrogens (tertiary/aromatic N) is 2. The Morgan fingerprint density at radius 2 is 2.46 bits per heavy atom. The number of nitrogens with one attached hydrogen (secondary N) is 1. The summed E-state index contributed by atoms with van der Waals surface area (Å²) in [6, 6.07) is 3.78. The third-order valence-corrected chi connectivity index (χ3v) is 1.91. The molecule has 0 saturated carbocycles. The van der Waals surface area contributed by atoms with E-state index in [4.69, 9.17) is 11.0 Å². The van der Waals surface area contributed by atoms with Crippen molar-refractivity contribution in [2.45, 2.75) is 13.5 Å². The fraction of sp³-hybridized carbons (Fsp3) is 0.444. The molecule has 0 radical (unpaired) electrons. The van der Waals surface area contributed by atoms with E-state index in [9.17, 15) is 0 Å². The number of hydrogen-bond donors (Lipinski definition) is 2. The van der Waals surface area contributed by atoms with Crippen LogP contribution in [0, 0.1) is 11.3 Å². The molecule has 0 aliphatic carbocycles. The fourth-order valence-electron chi connectivity index (χ4n) is 1.15. The quantitative estimate of drug-likeness (QED) is 0.662. The zero-order chi connectivity index (χ0) is 9.68. The molecule has 70 valence electrons. The first-order valence-corrected chi connectivity index (χ1v) is 4.35. The van der Waals surface area contributed by atoms with Crippen LogP contribution in [0.3, 0.4) is 0 Å². The summed E-state index contributed by atoms with van der Waals surface area (Å²) in [4.78, 5) is 0. The molecule has 1 aromatic heterocycles. The molecule has 0 bridgehead atoms. The number of nitriles is 1. The summed E-state index contributed by atoms with van der Waals surface area (Å²) < 4.78 is 1.88. The topological polar surface area (TPSA) is 66.8 Å². The largest absolute Gasteiger partial charge is 0.384 e. The first-order chi connectivity index (χ1) is 6.29. The molecule has 0 fully saturated rings. The number of anilines is 1. The van der Waals surface area contributed by atoms with Crippen LogP contribution in [0.2, 0.25) is 0 Å². The Balaban J connectivity index is 2.58. The van der Waals surface area contributed by atoms with Gasteiger partial charge in [0.05, 0.1) is 5.56 Å². The van der Waals surface area contributed by atoms with Gasteiger partial charge in [-0.15, -0.1) is 0 Å². The van der Waals surface area contributed by atoms with Crippen LogP contribution in [0.15, 0.2) is 12.3 Å². The molecule has 0 amide bonds. The van der Waals surface area contributed by atoms with Crippen molar-refractivity contribution in [2.75, 3.05) is 18.8 Å². The minimum absolute atomic E-state index is 0.552. The van der Waals surface area contributed by atoms with Crippen molar-refractivity contribution in [1.29, 1.82) is 5.26 Å². The monoisotopic (exact) mass is 178 g/mol. The van der Waals surface area contributed by atoms with Gasteiger partial charge < -0.3 is 15.6 Å². The lowest BCUT2D eigenvalue weighted by Crippen LogP contribution is -2.19. The van der Waals surface area contributed by atoms with Gasteiger partial charge >= 0.3 is 0 Å². The zero-order valence-corrected chi connectivity index (χ0v) is 7.75.